The SMILES string of the molecule is c1ccc(Cc2cn[nH]c2C2CCN(c3ncnc4[nH]ccc34)CC2)cc1. The minimum atomic E-state index is 0.519. The van der Waals surface area contributed by atoms with Gasteiger partial charge in [-0.2, -0.15) is 5.10 Å². The second-order valence-electron chi connectivity index (χ2n) is 7.17. The van der Waals surface area contributed by atoms with Crippen molar-refractivity contribution in [2.75, 3.05) is 18.0 Å². The summed E-state index contributed by atoms with van der Waals surface area (Å²) in [5.41, 5.74) is 4.84. The first-order valence-corrected chi connectivity index (χ1v) is 9.47. The highest BCUT2D eigenvalue weighted by atomic mass is 15.2. The molecule has 4 aromatic rings. The molecule has 6 heteroatoms. The average Bonchev–Trinajstić information content (AvgIpc) is 3.38. The normalized spacial score (nSPS) is 15.5. The Hall–Kier alpha value is -3.15. The lowest BCUT2D eigenvalue weighted by atomic mass is 9.89. The molecule has 1 aromatic carbocycles. The van der Waals surface area contributed by atoms with E-state index in [1.165, 1.54) is 16.8 Å². The monoisotopic (exact) mass is 358 g/mol. The van der Waals surface area contributed by atoms with Gasteiger partial charge in [0.15, 0.2) is 0 Å². The average molecular weight is 358 g/mol. The molecule has 1 aliphatic rings. The van der Waals surface area contributed by atoms with E-state index in [-0.39, 0.29) is 0 Å². The third-order valence-electron chi connectivity index (χ3n) is 5.52. The molecule has 0 unspecified atom stereocenters. The van der Waals surface area contributed by atoms with Crippen molar-refractivity contribution in [3.63, 3.8) is 0 Å². The van der Waals surface area contributed by atoms with Crippen molar-refractivity contribution in [3.05, 3.63) is 71.9 Å². The summed E-state index contributed by atoms with van der Waals surface area (Å²) >= 11 is 0. The van der Waals surface area contributed by atoms with Gasteiger partial charge in [0.05, 0.1) is 11.6 Å². The van der Waals surface area contributed by atoms with Gasteiger partial charge in [-0.15, -0.1) is 0 Å². The predicted octanol–water partition coefficient (Wildman–Crippen LogP) is 3.66. The summed E-state index contributed by atoms with van der Waals surface area (Å²) in [6.45, 7) is 1.98. The highest BCUT2D eigenvalue weighted by Gasteiger charge is 2.25. The number of anilines is 1. The Morgan fingerprint density at radius 3 is 2.74 bits per heavy atom. The van der Waals surface area contributed by atoms with Gasteiger partial charge in [0.1, 0.15) is 17.8 Å². The van der Waals surface area contributed by atoms with Crippen LogP contribution in [0.15, 0.2) is 55.1 Å². The maximum atomic E-state index is 4.54. The third kappa shape index (κ3) is 3.07. The molecular weight excluding hydrogens is 336 g/mol. The van der Waals surface area contributed by atoms with Crippen molar-refractivity contribution in [2.24, 2.45) is 0 Å². The van der Waals surface area contributed by atoms with Crippen LogP contribution in [0.1, 0.15) is 35.6 Å². The summed E-state index contributed by atoms with van der Waals surface area (Å²) in [7, 11) is 0. The molecule has 0 amide bonds. The van der Waals surface area contributed by atoms with Gasteiger partial charge in [-0.3, -0.25) is 5.10 Å². The largest absolute Gasteiger partial charge is 0.356 e. The van der Waals surface area contributed by atoms with Gasteiger partial charge in [0, 0.05) is 37.3 Å². The van der Waals surface area contributed by atoms with Gasteiger partial charge in [-0.25, -0.2) is 9.97 Å². The van der Waals surface area contributed by atoms with Crippen LogP contribution in [0.2, 0.25) is 0 Å². The number of fused-ring (bicyclic) bond motifs is 1. The van der Waals surface area contributed by atoms with Gasteiger partial charge >= 0.3 is 0 Å². The Bertz CT molecular complexity index is 1030. The minimum Gasteiger partial charge on any atom is -0.356 e. The second-order valence-corrected chi connectivity index (χ2v) is 7.17. The first kappa shape index (κ1) is 16.1. The molecular formula is C21H22N6. The number of hydrogen-bond donors (Lipinski definition) is 2. The highest BCUT2D eigenvalue weighted by Crippen LogP contribution is 2.33. The number of aromatic nitrogens is 5. The molecule has 1 fully saturated rings. The number of rotatable bonds is 4. The van der Waals surface area contributed by atoms with E-state index in [2.05, 4.69) is 66.4 Å². The number of H-pyrrole nitrogens is 2. The van der Waals surface area contributed by atoms with Crippen molar-refractivity contribution in [2.45, 2.75) is 25.2 Å². The maximum absolute atomic E-state index is 4.54. The van der Waals surface area contributed by atoms with Crippen LogP contribution < -0.4 is 4.90 Å². The first-order valence-electron chi connectivity index (χ1n) is 9.47. The molecule has 5 rings (SSSR count). The predicted molar refractivity (Wildman–Crippen MR) is 106 cm³/mol. The van der Waals surface area contributed by atoms with Crippen molar-refractivity contribution in [3.8, 4) is 0 Å². The van der Waals surface area contributed by atoms with Crippen LogP contribution in [0.5, 0.6) is 0 Å². The third-order valence-corrected chi connectivity index (χ3v) is 5.52. The van der Waals surface area contributed by atoms with E-state index < -0.39 is 0 Å². The Morgan fingerprint density at radius 1 is 1.04 bits per heavy atom. The van der Waals surface area contributed by atoms with E-state index in [0.29, 0.717) is 5.92 Å². The Labute approximate surface area is 157 Å². The van der Waals surface area contributed by atoms with Crippen LogP contribution in [-0.4, -0.2) is 38.2 Å². The summed E-state index contributed by atoms with van der Waals surface area (Å²) < 4.78 is 0. The van der Waals surface area contributed by atoms with Crippen molar-refractivity contribution in [1.29, 1.82) is 0 Å². The van der Waals surface area contributed by atoms with E-state index in [4.69, 9.17) is 0 Å². The summed E-state index contributed by atoms with van der Waals surface area (Å²) in [4.78, 5) is 14.4. The molecule has 136 valence electrons. The molecule has 4 heterocycles. The standard InChI is InChI=1S/C21H22N6/c1-2-4-15(5-3-1)12-17-13-25-26-19(17)16-7-10-27(11-8-16)21-18-6-9-22-20(18)23-14-24-21/h1-6,9,13-14,16H,7-8,10-12H2,(H,25,26)(H,22,23,24). The quantitative estimate of drug-likeness (QED) is 0.584. The lowest BCUT2D eigenvalue weighted by Crippen LogP contribution is -2.34. The van der Waals surface area contributed by atoms with Crippen LogP contribution in [0.3, 0.4) is 0 Å². The Balaban J connectivity index is 1.31. The van der Waals surface area contributed by atoms with E-state index in [1.807, 2.05) is 12.4 Å². The summed E-state index contributed by atoms with van der Waals surface area (Å²) in [5, 5.41) is 8.72. The highest BCUT2D eigenvalue weighted by molar-refractivity contribution is 5.87. The molecule has 1 saturated heterocycles. The Morgan fingerprint density at radius 2 is 1.89 bits per heavy atom. The maximum Gasteiger partial charge on any atom is 0.142 e. The minimum absolute atomic E-state index is 0.519. The molecule has 0 radical (unpaired) electrons. The molecule has 0 saturated carbocycles. The first-order chi connectivity index (χ1) is 13.4. The van der Waals surface area contributed by atoms with E-state index in [0.717, 1.165) is 49.2 Å². The summed E-state index contributed by atoms with van der Waals surface area (Å²) in [6.07, 6.45) is 8.69. The number of aromatic amines is 2. The van der Waals surface area contributed by atoms with Gasteiger partial charge in [-0.05, 0) is 30.0 Å². The lowest BCUT2D eigenvalue weighted by molar-refractivity contribution is 0.491. The van der Waals surface area contributed by atoms with Crippen LogP contribution >= 0.6 is 0 Å². The zero-order valence-corrected chi connectivity index (χ0v) is 15.1. The Kier molecular flexibility index (Phi) is 4.08. The van der Waals surface area contributed by atoms with Crippen molar-refractivity contribution >= 4 is 16.9 Å². The van der Waals surface area contributed by atoms with Crippen molar-refractivity contribution in [1.82, 2.24) is 25.1 Å². The molecule has 0 aliphatic carbocycles. The number of piperidine rings is 1. The summed E-state index contributed by atoms with van der Waals surface area (Å²) in [6, 6.07) is 12.7. The zero-order valence-electron chi connectivity index (χ0n) is 15.1. The topological polar surface area (TPSA) is 73.5 Å². The fraction of sp³-hybridized carbons (Fsp3) is 0.286. The van der Waals surface area contributed by atoms with E-state index in [9.17, 15) is 0 Å². The number of benzene rings is 1. The van der Waals surface area contributed by atoms with Gasteiger partial charge in [-0.1, -0.05) is 30.3 Å². The fourth-order valence-electron chi connectivity index (χ4n) is 4.12. The molecule has 6 nitrogen and oxygen atoms in total. The van der Waals surface area contributed by atoms with Crippen molar-refractivity contribution < 1.29 is 0 Å². The molecule has 27 heavy (non-hydrogen) atoms. The van der Waals surface area contributed by atoms with E-state index >= 15 is 0 Å². The van der Waals surface area contributed by atoms with Crippen LogP contribution in [0.4, 0.5) is 5.82 Å². The second kappa shape index (κ2) is 6.87. The zero-order chi connectivity index (χ0) is 18.1. The van der Waals surface area contributed by atoms with Gasteiger partial charge < -0.3 is 9.88 Å². The molecule has 2 N–H and O–H groups in total. The molecule has 0 atom stereocenters. The summed E-state index contributed by atoms with van der Waals surface area (Å²) in [5.74, 6) is 1.56. The van der Waals surface area contributed by atoms with Gasteiger partial charge in [0.25, 0.3) is 0 Å². The number of nitrogens with one attached hydrogen (secondary N) is 2. The lowest BCUT2D eigenvalue weighted by Gasteiger charge is -2.33. The van der Waals surface area contributed by atoms with Crippen LogP contribution in [0.25, 0.3) is 11.0 Å². The molecule has 3 aromatic heterocycles. The number of hydrogen-bond acceptors (Lipinski definition) is 4. The van der Waals surface area contributed by atoms with Crippen LogP contribution in [0, 0.1) is 0 Å². The van der Waals surface area contributed by atoms with Gasteiger partial charge in [0.2, 0.25) is 0 Å². The van der Waals surface area contributed by atoms with E-state index in [1.54, 1.807) is 6.33 Å². The molecule has 0 bridgehead atoms. The van der Waals surface area contributed by atoms with Crippen LogP contribution in [-0.2, 0) is 6.42 Å². The molecule has 0 spiro atoms. The molecule has 1 aliphatic heterocycles. The smallest absolute Gasteiger partial charge is 0.142 e. The fourth-order valence-corrected chi connectivity index (χ4v) is 4.12. The number of nitrogens with zero attached hydrogens (tertiary/aromatic N) is 4.